The summed E-state index contributed by atoms with van der Waals surface area (Å²) in [6, 6.07) is 4.43. The topological polar surface area (TPSA) is 84.2 Å². The van der Waals surface area contributed by atoms with Gasteiger partial charge in [-0.05, 0) is 23.8 Å². The number of halogens is 1. The van der Waals surface area contributed by atoms with E-state index in [2.05, 4.69) is 26.6 Å². The summed E-state index contributed by atoms with van der Waals surface area (Å²) in [5.41, 5.74) is 7.22. The summed E-state index contributed by atoms with van der Waals surface area (Å²) in [6.45, 7) is 0. The van der Waals surface area contributed by atoms with E-state index in [4.69, 9.17) is 5.73 Å². The molecule has 1 aromatic rings. The van der Waals surface area contributed by atoms with Gasteiger partial charge in [0, 0.05) is 16.6 Å². The van der Waals surface area contributed by atoms with Crippen LogP contribution in [0.2, 0.25) is 0 Å². The summed E-state index contributed by atoms with van der Waals surface area (Å²) in [7, 11) is 0. The van der Waals surface area contributed by atoms with Crippen LogP contribution in [-0.2, 0) is 11.2 Å². The van der Waals surface area contributed by atoms with Crippen molar-refractivity contribution >= 4 is 33.6 Å². The molecule has 2 rings (SSSR count). The molecule has 1 unspecified atom stereocenters. The van der Waals surface area contributed by atoms with Crippen molar-refractivity contribution in [3.63, 3.8) is 0 Å². The van der Waals surface area contributed by atoms with Gasteiger partial charge in [0.15, 0.2) is 0 Å². The second-order valence-electron chi connectivity index (χ2n) is 3.56. The molecular formula is C10H10BrN3O2. The first-order chi connectivity index (χ1) is 7.56. The Morgan fingerprint density at radius 2 is 2.12 bits per heavy atom. The van der Waals surface area contributed by atoms with E-state index in [1.807, 2.05) is 12.1 Å². The van der Waals surface area contributed by atoms with Crippen LogP contribution in [0.15, 0.2) is 22.7 Å². The lowest BCUT2D eigenvalue weighted by atomic mass is 10.0. The molecule has 4 N–H and O–H groups in total. The Labute approximate surface area is 101 Å². The maximum atomic E-state index is 11.3. The zero-order valence-corrected chi connectivity index (χ0v) is 9.87. The molecule has 0 spiro atoms. The number of nitrogens with one attached hydrogen (secondary N) is 2. The maximum Gasteiger partial charge on any atom is 0.322 e. The van der Waals surface area contributed by atoms with Gasteiger partial charge in [-0.1, -0.05) is 15.9 Å². The molecule has 3 amide bonds. The van der Waals surface area contributed by atoms with Crippen LogP contribution in [0.4, 0.5) is 10.5 Å². The van der Waals surface area contributed by atoms with Crippen LogP contribution in [0.3, 0.4) is 0 Å². The number of imide groups is 1. The van der Waals surface area contributed by atoms with Gasteiger partial charge in [0.25, 0.3) is 5.91 Å². The number of carbonyl (C=O) groups excluding carboxylic acids is 2. The smallest absolute Gasteiger partial charge is 0.322 e. The number of nitrogens with two attached hydrogens (primary N) is 1. The van der Waals surface area contributed by atoms with Crippen LogP contribution in [0.5, 0.6) is 0 Å². The standard InChI is InChI=1S/C10H10BrN3O2/c11-6-1-2-7(12)5(3-6)4-8-9(15)14-10(16)13-8/h1-3,8H,4,12H2,(H2,13,14,15,16). The first-order valence-electron chi connectivity index (χ1n) is 4.71. The minimum atomic E-state index is -0.538. The fourth-order valence-corrected chi connectivity index (χ4v) is 1.98. The van der Waals surface area contributed by atoms with Crippen molar-refractivity contribution in [3.8, 4) is 0 Å². The van der Waals surface area contributed by atoms with Crippen molar-refractivity contribution in [2.24, 2.45) is 0 Å². The van der Waals surface area contributed by atoms with Crippen molar-refractivity contribution in [1.29, 1.82) is 0 Å². The third-order valence-electron chi connectivity index (χ3n) is 2.39. The highest BCUT2D eigenvalue weighted by molar-refractivity contribution is 9.10. The quantitative estimate of drug-likeness (QED) is 0.554. The Bertz CT molecular complexity index is 461. The van der Waals surface area contributed by atoms with Crippen molar-refractivity contribution in [1.82, 2.24) is 10.6 Å². The molecule has 16 heavy (non-hydrogen) atoms. The predicted molar refractivity (Wildman–Crippen MR) is 62.7 cm³/mol. The summed E-state index contributed by atoms with van der Waals surface area (Å²) in [5.74, 6) is -0.315. The van der Waals surface area contributed by atoms with E-state index in [-0.39, 0.29) is 5.91 Å². The number of hydrogen-bond donors (Lipinski definition) is 3. The summed E-state index contributed by atoms with van der Waals surface area (Å²) in [4.78, 5) is 22.3. The lowest BCUT2D eigenvalue weighted by Gasteiger charge is -2.10. The van der Waals surface area contributed by atoms with E-state index in [1.165, 1.54) is 0 Å². The summed E-state index contributed by atoms with van der Waals surface area (Å²) < 4.78 is 0.890. The van der Waals surface area contributed by atoms with E-state index in [0.717, 1.165) is 10.0 Å². The van der Waals surface area contributed by atoms with Crippen molar-refractivity contribution in [2.75, 3.05) is 5.73 Å². The van der Waals surface area contributed by atoms with Crippen molar-refractivity contribution in [3.05, 3.63) is 28.2 Å². The third kappa shape index (κ3) is 2.16. The summed E-state index contributed by atoms with van der Waals surface area (Å²) in [5, 5.41) is 4.71. The zero-order chi connectivity index (χ0) is 11.7. The van der Waals surface area contributed by atoms with Crippen LogP contribution in [0.1, 0.15) is 5.56 Å². The van der Waals surface area contributed by atoms with E-state index in [9.17, 15) is 9.59 Å². The average molecular weight is 284 g/mol. The number of amides is 3. The Morgan fingerprint density at radius 3 is 2.75 bits per heavy atom. The van der Waals surface area contributed by atoms with E-state index in [0.29, 0.717) is 12.1 Å². The number of nitrogen functional groups attached to an aromatic ring is 1. The zero-order valence-electron chi connectivity index (χ0n) is 8.29. The van der Waals surface area contributed by atoms with Crippen molar-refractivity contribution < 1.29 is 9.59 Å². The number of anilines is 1. The van der Waals surface area contributed by atoms with Crippen LogP contribution in [0, 0.1) is 0 Å². The first-order valence-corrected chi connectivity index (χ1v) is 5.51. The molecule has 1 aliphatic heterocycles. The van der Waals surface area contributed by atoms with Crippen LogP contribution in [-0.4, -0.2) is 18.0 Å². The average Bonchev–Trinajstić information content (AvgIpc) is 2.51. The molecule has 84 valence electrons. The molecule has 1 fully saturated rings. The van der Waals surface area contributed by atoms with Gasteiger partial charge in [0.05, 0.1) is 0 Å². The maximum absolute atomic E-state index is 11.3. The molecule has 5 nitrogen and oxygen atoms in total. The lowest BCUT2D eigenvalue weighted by molar-refractivity contribution is -0.120. The van der Waals surface area contributed by atoms with E-state index in [1.54, 1.807) is 6.07 Å². The van der Waals surface area contributed by atoms with Gasteiger partial charge < -0.3 is 11.1 Å². The minimum absolute atomic E-state index is 0.315. The van der Waals surface area contributed by atoms with Gasteiger partial charge in [-0.15, -0.1) is 0 Å². The lowest BCUT2D eigenvalue weighted by Crippen LogP contribution is -2.31. The SMILES string of the molecule is Nc1ccc(Br)cc1CC1NC(=O)NC1=O. The molecule has 1 saturated heterocycles. The molecule has 0 bridgehead atoms. The Balaban J connectivity index is 2.18. The molecule has 0 aliphatic carbocycles. The monoisotopic (exact) mass is 283 g/mol. The Hall–Kier alpha value is -1.56. The number of urea groups is 1. The highest BCUT2D eigenvalue weighted by atomic mass is 79.9. The van der Waals surface area contributed by atoms with E-state index < -0.39 is 12.1 Å². The molecular weight excluding hydrogens is 274 g/mol. The molecule has 6 heteroatoms. The van der Waals surface area contributed by atoms with Gasteiger partial charge in [-0.2, -0.15) is 0 Å². The van der Waals surface area contributed by atoms with Crippen molar-refractivity contribution in [2.45, 2.75) is 12.5 Å². The van der Waals surface area contributed by atoms with E-state index >= 15 is 0 Å². The molecule has 0 aromatic heterocycles. The fraction of sp³-hybridized carbons (Fsp3) is 0.200. The van der Waals surface area contributed by atoms with Crippen LogP contribution >= 0.6 is 15.9 Å². The number of benzene rings is 1. The minimum Gasteiger partial charge on any atom is -0.399 e. The summed E-state index contributed by atoms with van der Waals surface area (Å²) in [6.07, 6.45) is 0.392. The second-order valence-corrected chi connectivity index (χ2v) is 4.48. The van der Waals surface area contributed by atoms with Gasteiger partial charge in [0.2, 0.25) is 0 Å². The Kier molecular flexibility index (Phi) is 2.82. The predicted octanol–water partition coefficient (Wildman–Crippen LogP) is 0.782. The molecule has 0 saturated carbocycles. The van der Waals surface area contributed by atoms with Gasteiger partial charge in [-0.25, -0.2) is 4.79 Å². The number of hydrogen-bond acceptors (Lipinski definition) is 3. The highest BCUT2D eigenvalue weighted by Gasteiger charge is 2.29. The third-order valence-corrected chi connectivity index (χ3v) is 2.88. The normalized spacial score (nSPS) is 19.4. The molecule has 1 heterocycles. The van der Waals surface area contributed by atoms with Crippen LogP contribution < -0.4 is 16.4 Å². The summed E-state index contributed by atoms with van der Waals surface area (Å²) >= 11 is 3.33. The first kappa shape index (κ1) is 10.9. The second kappa shape index (κ2) is 4.13. The molecule has 1 aliphatic rings. The van der Waals surface area contributed by atoms with Gasteiger partial charge in [0.1, 0.15) is 6.04 Å². The highest BCUT2D eigenvalue weighted by Crippen LogP contribution is 2.20. The molecule has 1 atom stereocenters. The van der Waals surface area contributed by atoms with Crippen LogP contribution in [0.25, 0.3) is 0 Å². The van der Waals surface area contributed by atoms with Gasteiger partial charge >= 0.3 is 6.03 Å². The Morgan fingerprint density at radius 1 is 1.38 bits per heavy atom. The number of rotatable bonds is 2. The van der Waals surface area contributed by atoms with Gasteiger partial charge in [-0.3, -0.25) is 10.1 Å². The molecule has 1 aromatic carbocycles. The molecule has 0 radical (unpaired) electrons. The largest absolute Gasteiger partial charge is 0.399 e. The number of carbonyl (C=O) groups is 2. The fourth-order valence-electron chi connectivity index (χ4n) is 1.57.